The average Bonchev–Trinajstić information content (AvgIpc) is 3.20. The minimum absolute atomic E-state index is 0.0579. The van der Waals surface area contributed by atoms with Crippen molar-refractivity contribution in [1.82, 2.24) is 5.32 Å². The summed E-state index contributed by atoms with van der Waals surface area (Å²) in [5.41, 5.74) is 3.28. The third kappa shape index (κ3) is 3.74. The summed E-state index contributed by atoms with van der Waals surface area (Å²) in [6, 6.07) is 10.1. The fraction of sp³-hybridized carbons (Fsp3) is 0.719. The molecule has 190 valence electrons. The Morgan fingerprint density at radius 3 is 2.57 bits per heavy atom. The number of nitrogens with one attached hydrogen (secondary N) is 1. The molecule has 1 unspecified atom stereocenters. The van der Waals surface area contributed by atoms with Gasteiger partial charge in [-0.3, -0.25) is 4.79 Å². The molecule has 1 heterocycles. The van der Waals surface area contributed by atoms with Crippen LogP contribution >= 0.6 is 0 Å². The van der Waals surface area contributed by atoms with E-state index in [4.69, 9.17) is 4.74 Å². The van der Waals surface area contributed by atoms with Crippen LogP contribution in [0.1, 0.15) is 84.6 Å². The van der Waals surface area contributed by atoms with Crippen LogP contribution in [0.3, 0.4) is 0 Å². The first-order valence-corrected chi connectivity index (χ1v) is 14.4. The van der Waals surface area contributed by atoms with Crippen LogP contribution in [0.25, 0.3) is 0 Å². The third-order valence-electron chi connectivity index (χ3n) is 11.7. The van der Waals surface area contributed by atoms with Gasteiger partial charge in [-0.25, -0.2) is 0 Å². The molecule has 3 saturated carbocycles. The first-order valence-electron chi connectivity index (χ1n) is 14.4. The van der Waals surface area contributed by atoms with E-state index in [1.54, 1.807) is 5.57 Å². The summed E-state index contributed by atoms with van der Waals surface area (Å²) in [6.45, 7) is 10.6. The van der Waals surface area contributed by atoms with E-state index in [2.05, 4.69) is 51.2 Å². The molecule has 1 aliphatic heterocycles. The van der Waals surface area contributed by atoms with E-state index in [-0.39, 0.29) is 17.4 Å². The van der Waals surface area contributed by atoms with Crippen molar-refractivity contribution in [2.45, 2.75) is 97.1 Å². The van der Waals surface area contributed by atoms with Gasteiger partial charge in [0.2, 0.25) is 0 Å². The van der Waals surface area contributed by atoms with Gasteiger partial charge in [0.25, 0.3) is 0 Å². The van der Waals surface area contributed by atoms with Gasteiger partial charge in [0.1, 0.15) is 11.6 Å². The molecule has 3 heteroatoms. The van der Waals surface area contributed by atoms with Gasteiger partial charge >= 0.3 is 5.97 Å². The molecule has 4 fully saturated rings. The molecule has 1 N–H and O–H groups in total. The van der Waals surface area contributed by atoms with E-state index >= 15 is 0 Å². The number of hydrogen-bond donors (Lipinski definition) is 1. The van der Waals surface area contributed by atoms with E-state index in [0.717, 1.165) is 30.2 Å². The van der Waals surface area contributed by atoms with Crippen LogP contribution in [-0.2, 0) is 16.0 Å². The van der Waals surface area contributed by atoms with Gasteiger partial charge in [-0.05, 0) is 105 Å². The summed E-state index contributed by atoms with van der Waals surface area (Å²) >= 11 is 0. The minimum Gasteiger partial charge on any atom is -0.457 e. The van der Waals surface area contributed by atoms with E-state index in [9.17, 15) is 4.79 Å². The second-order valence-corrected chi connectivity index (χ2v) is 13.6. The number of benzene rings is 1. The highest BCUT2D eigenvalue weighted by Gasteiger charge is 2.62. The maximum Gasteiger partial charge on any atom is 0.324 e. The predicted molar refractivity (Wildman–Crippen MR) is 141 cm³/mol. The Hall–Kier alpha value is -1.61. The van der Waals surface area contributed by atoms with Crippen LogP contribution < -0.4 is 5.32 Å². The largest absolute Gasteiger partial charge is 0.457 e. The number of ether oxygens (including phenoxy) is 1. The fourth-order valence-electron chi connectivity index (χ4n) is 9.79. The molecule has 0 bridgehead atoms. The molecule has 9 atom stereocenters. The van der Waals surface area contributed by atoms with Crippen LogP contribution in [0.4, 0.5) is 0 Å². The summed E-state index contributed by atoms with van der Waals surface area (Å²) in [5, 5.41) is 3.62. The van der Waals surface area contributed by atoms with E-state index < -0.39 is 5.60 Å². The lowest BCUT2D eigenvalue weighted by Gasteiger charge is -2.59. The van der Waals surface area contributed by atoms with Crippen molar-refractivity contribution in [3.63, 3.8) is 0 Å². The first kappa shape index (κ1) is 23.8. The van der Waals surface area contributed by atoms with Crippen LogP contribution in [0.15, 0.2) is 42.0 Å². The van der Waals surface area contributed by atoms with Gasteiger partial charge in [-0.15, -0.1) is 0 Å². The maximum absolute atomic E-state index is 13.2. The van der Waals surface area contributed by atoms with Crippen molar-refractivity contribution in [1.29, 1.82) is 0 Å². The number of morpholine rings is 1. The van der Waals surface area contributed by atoms with Crippen molar-refractivity contribution < 1.29 is 9.53 Å². The van der Waals surface area contributed by atoms with Crippen LogP contribution in [0, 0.1) is 40.4 Å². The molecule has 5 aliphatic rings. The Labute approximate surface area is 212 Å². The van der Waals surface area contributed by atoms with Gasteiger partial charge in [0.15, 0.2) is 0 Å². The Morgan fingerprint density at radius 2 is 1.80 bits per heavy atom. The number of allylic oxidation sites excluding steroid dienone is 2. The number of esters is 1. The maximum atomic E-state index is 13.2. The normalized spacial score (nSPS) is 47.2. The SMILES string of the molecule is C[C@H]1CC[C@@]2(C)C(=CC[C@H]3[C@@H]4CC[C@H]([C@]5(C)CNC(Cc6ccccc6)C(=O)O5)[C@@]4(C)CC[C@@H]32)C1. The van der Waals surface area contributed by atoms with Crippen LogP contribution in [0.2, 0.25) is 0 Å². The summed E-state index contributed by atoms with van der Waals surface area (Å²) in [7, 11) is 0. The lowest BCUT2D eigenvalue weighted by molar-refractivity contribution is -0.184. The van der Waals surface area contributed by atoms with Crippen molar-refractivity contribution in [2.75, 3.05) is 6.54 Å². The van der Waals surface area contributed by atoms with Crippen LogP contribution in [-0.4, -0.2) is 24.2 Å². The molecule has 0 radical (unpaired) electrons. The number of rotatable bonds is 3. The number of hydrogen-bond acceptors (Lipinski definition) is 3. The lowest BCUT2D eigenvalue weighted by Crippen LogP contribution is -2.62. The van der Waals surface area contributed by atoms with Gasteiger partial charge in [-0.2, -0.15) is 0 Å². The molecule has 1 saturated heterocycles. The smallest absolute Gasteiger partial charge is 0.324 e. The summed E-state index contributed by atoms with van der Waals surface area (Å²) < 4.78 is 6.40. The second-order valence-electron chi connectivity index (χ2n) is 13.6. The molecular weight excluding hydrogens is 430 g/mol. The summed E-state index contributed by atoms with van der Waals surface area (Å²) in [6.07, 6.45) is 13.9. The van der Waals surface area contributed by atoms with Crippen molar-refractivity contribution in [2.24, 2.45) is 40.4 Å². The number of carbonyl (C=O) groups is 1. The first-order chi connectivity index (χ1) is 16.7. The van der Waals surface area contributed by atoms with Crippen molar-refractivity contribution >= 4 is 5.97 Å². The number of carbonyl (C=O) groups excluding carboxylic acids is 1. The molecule has 6 rings (SSSR count). The van der Waals surface area contributed by atoms with Crippen molar-refractivity contribution in [3.8, 4) is 0 Å². The minimum atomic E-state index is -0.402. The molecule has 0 amide bonds. The van der Waals surface area contributed by atoms with Gasteiger partial charge in [0, 0.05) is 12.5 Å². The topological polar surface area (TPSA) is 38.3 Å². The lowest BCUT2D eigenvalue weighted by atomic mass is 9.46. The predicted octanol–water partition coefficient (Wildman–Crippen LogP) is 6.72. The quantitative estimate of drug-likeness (QED) is 0.390. The third-order valence-corrected chi connectivity index (χ3v) is 11.7. The number of cyclic esters (lactones) is 1. The Kier molecular flexibility index (Phi) is 5.75. The molecule has 1 aromatic carbocycles. The molecule has 0 aromatic heterocycles. The molecule has 35 heavy (non-hydrogen) atoms. The molecule has 4 aliphatic carbocycles. The van der Waals surface area contributed by atoms with Crippen molar-refractivity contribution in [3.05, 3.63) is 47.5 Å². The van der Waals surface area contributed by atoms with Gasteiger partial charge in [0.05, 0.1) is 0 Å². The Balaban J connectivity index is 1.19. The summed E-state index contributed by atoms with van der Waals surface area (Å²) in [5.74, 6) is 3.66. The zero-order chi connectivity index (χ0) is 24.4. The standard InChI is InChI=1S/C32H45NO2/c1-21-14-16-30(2)23(18-21)10-11-24-25-12-13-28(31(25,3)17-15-26(24)30)32(4)20-33-27(29(34)35-32)19-22-8-6-5-7-9-22/h5-10,21,24-28,33H,11-20H2,1-4H3/t21-,24-,25-,26-,27?,28-,30-,31-,32-/m0/s1. The second kappa shape index (κ2) is 8.47. The Bertz CT molecular complexity index is 1000. The molecule has 3 nitrogen and oxygen atoms in total. The zero-order valence-electron chi connectivity index (χ0n) is 22.3. The monoisotopic (exact) mass is 475 g/mol. The van der Waals surface area contributed by atoms with E-state index in [0.29, 0.717) is 17.8 Å². The molecular formula is C32H45NO2. The highest BCUT2D eigenvalue weighted by molar-refractivity contribution is 5.77. The average molecular weight is 476 g/mol. The highest BCUT2D eigenvalue weighted by atomic mass is 16.6. The summed E-state index contributed by atoms with van der Waals surface area (Å²) in [4.78, 5) is 13.2. The van der Waals surface area contributed by atoms with Crippen LogP contribution in [0.5, 0.6) is 0 Å². The Morgan fingerprint density at radius 1 is 1.00 bits per heavy atom. The highest BCUT2D eigenvalue weighted by Crippen LogP contribution is 2.68. The van der Waals surface area contributed by atoms with Gasteiger partial charge < -0.3 is 10.1 Å². The zero-order valence-corrected chi connectivity index (χ0v) is 22.3. The van der Waals surface area contributed by atoms with Gasteiger partial charge in [-0.1, -0.05) is 62.8 Å². The number of fused-ring (bicyclic) bond motifs is 5. The molecule has 1 aromatic rings. The van der Waals surface area contributed by atoms with E-state index in [1.807, 2.05) is 18.2 Å². The van der Waals surface area contributed by atoms with E-state index in [1.165, 1.54) is 56.9 Å². The fourth-order valence-corrected chi connectivity index (χ4v) is 9.79. The molecule has 0 spiro atoms.